The normalized spacial score (nSPS) is 12.3. The number of H-pyrrole nitrogens is 1. The van der Waals surface area contributed by atoms with Crippen molar-refractivity contribution in [2.45, 2.75) is 12.4 Å². The number of hydrogen-bond acceptors (Lipinski definition) is 3. The number of pyridine rings is 1. The van der Waals surface area contributed by atoms with E-state index < -0.39 is 41.3 Å². The van der Waals surface area contributed by atoms with Crippen LogP contribution in [0.2, 0.25) is 0 Å². The molecule has 0 saturated heterocycles. The van der Waals surface area contributed by atoms with Crippen molar-refractivity contribution in [3.63, 3.8) is 0 Å². The van der Waals surface area contributed by atoms with E-state index in [1.807, 2.05) is 0 Å². The third-order valence-corrected chi connectivity index (χ3v) is 4.04. The maximum Gasteiger partial charge on any atom is 0.573 e. The van der Waals surface area contributed by atoms with Crippen LogP contribution in [0.1, 0.15) is 27.5 Å². The summed E-state index contributed by atoms with van der Waals surface area (Å²) in [7, 11) is 0. The van der Waals surface area contributed by atoms with E-state index in [1.165, 1.54) is 24.4 Å². The van der Waals surface area contributed by atoms with Crippen molar-refractivity contribution in [2.24, 2.45) is 0 Å². The van der Waals surface area contributed by atoms with Crippen molar-refractivity contribution >= 4 is 5.91 Å². The Kier molecular flexibility index (Phi) is 5.86. The van der Waals surface area contributed by atoms with E-state index in [0.717, 1.165) is 36.4 Å². The highest BCUT2D eigenvalue weighted by Crippen LogP contribution is 2.30. The smallest absolute Gasteiger partial charge is 0.403 e. The van der Waals surface area contributed by atoms with Crippen LogP contribution in [0.25, 0.3) is 0 Å². The quantitative estimate of drug-likeness (QED) is 0.607. The third-order valence-electron chi connectivity index (χ3n) is 4.04. The molecule has 0 aliphatic rings. The van der Waals surface area contributed by atoms with Gasteiger partial charge in [-0.3, -0.25) is 9.59 Å². The fourth-order valence-electron chi connectivity index (χ4n) is 2.68. The van der Waals surface area contributed by atoms with Gasteiger partial charge in [-0.25, -0.2) is 8.78 Å². The van der Waals surface area contributed by atoms with E-state index in [1.54, 1.807) is 0 Å². The van der Waals surface area contributed by atoms with Crippen LogP contribution in [0.5, 0.6) is 5.75 Å². The van der Waals surface area contributed by atoms with Gasteiger partial charge in [-0.1, -0.05) is 18.2 Å². The van der Waals surface area contributed by atoms with Gasteiger partial charge in [0.15, 0.2) is 11.6 Å². The molecule has 0 fully saturated rings. The molecule has 0 bridgehead atoms. The molecule has 1 aromatic heterocycles. The summed E-state index contributed by atoms with van der Waals surface area (Å²) in [5.74, 6) is -3.53. The number of carbonyl (C=O) groups is 1. The number of amides is 1. The average Bonchev–Trinajstić information content (AvgIpc) is 2.68. The summed E-state index contributed by atoms with van der Waals surface area (Å²) >= 11 is 0. The topological polar surface area (TPSA) is 71.2 Å². The number of nitrogens with one attached hydrogen (secondary N) is 2. The van der Waals surface area contributed by atoms with Crippen LogP contribution in [-0.2, 0) is 0 Å². The van der Waals surface area contributed by atoms with E-state index >= 15 is 0 Å². The molecule has 3 aromatic rings. The van der Waals surface area contributed by atoms with Crippen LogP contribution in [0.3, 0.4) is 0 Å². The fourth-order valence-corrected chi connectivity index (χ4v) is 2.68. The average molecular weight is 424 g/mol. The number of aromatic nitrogens is 1. The lowest BCUT2D eigenvalue weighted by Crippen LogP contribution is -2.30. The predicted molar refractivity (Wildman–Crippen MR) is 95.9 cm³/mol. The van der Waals surface area contributed by atoms with E-state index in [4.69, 9.17) is 0 Å². The SMILES string of the molecule is O=C(NC(c1ccc(F)cc1)c1ccc(OC(F)(F)F)c(F)c1)c1ccc(=O)[nH]c1. The molecule has 1 heterocycles. The van der Waals surface area contributed by atoms with Crippen LogP contribution < -0.4 is 15.6 Å². The number of carbonyl (C=O) groups excluding carboxylic acids is 1. The summed E-state index contributed by atoms with van der Waals surface area (Å²) in [5.41, 5.74) is 0.0904. The first-order chi connectivity index (χ1) is 14.1. The van der Waals surface area contributed by atoms with Crippen molar-refractivity contribution < 1.29 is 31.5 Å². The second-order valence-electron chi connectivity index (χ2n) is 6.14. The first-order valence-corrected chi connectivity index (χ1v) is 8.42. The third kappa shape index (κ3) is 5.22. The lowest BCUT2D eigenvalue weighted by molar-refractivity contribution is -0.275. The summed E-state index contributed by atoms with van der Waals surface area (Å²) < 4.78 is 68.2. The zero-order valence-corrected chi connectivity index (χ0v) is 15.0. The van der Waals surface area contributed by atoms with Crippen molar-refractivity contribution in [3.8, 4) is 5.75 Å². The molecule has 0 spiro atoms. The summed E-state index contributed by atoms with van der Waals surface area (Å²) in [6.07, 6.45) is -3.91. The standard InChI is InChI=1S/C20H13F5N2O3/c21-14-5-1-11(2-6-14)18(27-19(29)13-4-8-17(28)26-10-13)12-3-7-16(15(22)9-12)30-20(23,24)25/h1-10,18H,(H,26,28)(H,27,29). The monoisotopic (exact) mass is 424 g/mol. The Labute approximate surface area is 166 Å². The molecule has 0 saturated carbocycles. The molecule has 1 atom stereocenters. The highest BCUT2D eigenvalue weighted by Gasteiger charge is 2.32. The molecule has 0 radical (unpaired) electrons. The maximum absolute atomic E-state index is 14.2. The number of rotatable bonds is 5. The van der Waals surface area contributed by atoms with Gasteiger partial charge in [-0.2, -0.15) is 0 Å². The number of hydrogen-bond donors (Lipinski definition) is 2. The minimum absolute atomic E-state index is 0.0826. The molecule has 3 rings (SSSR count). The molecule has 0 aliphatic carbocycles. The predicted octanol–water partition coefficient (Wildman–Crippen LogP) is 4.07. The molecule has 1 unspecified atom stereocenters. The van der Waals surface area contributed by atoms with Crippen LogP contribution in [0.4, 0.5) is 22.0 Å². The number of alkyl halides is 3. The fraction of sp³-hybridized carbons (Fsp3) is 0.100. The van der Waals surface area contributed by atoms with Gasteiger partial charge in [0.25, 0.3) is 5.91 Å². The lowest BCUT2D eigenvalue weighted by Gasteiger charge is -2.21. The molecule has 10 heteroatoms. The van der Waals surface area contributed by atoms with Crippen molar-refractivity contribution in [3.05, 3.63) is 99.5 Å². The summed E-state index contributed by atoms with van der Waals surface area (Å²) in [5, 5.41) is 2.59. The van der Waals surface area contributed by atoms with Gasteiger partial charge >= 0.3 is 6.36 Å². The zero-order chi connectivity index (χ0) is 21.9. The van der Waals surface area contributed by atoms with Gasteiger partial charge in [-0.15, -0.1) is 13.2 Å². The van der Waals surface area contributed by atoms with Gasteiger partial charge in [0.1, 0.15) is 5.82 Å². The number of ether oxygens (including phenoxy) is 1. The minimum Gasteiger partial charge on any atom is -0.403 e. The minimum atomic E-state index is -5.07. The second-order valence-corrected chi connectivity index (χ2v) is 6.14. The van der Waals surface area contributed by atoms with Gasteiger partial charge in [0, 0.05) is 12.3 Å². The van der Waals surface area contributed by atoms with Crippen LogP contribution in [-0.4, -0.2) is 17.3 Å². The molecule has 156 valence electrons. The van der Waals surface area contributed by atoms with Crippen LogP contribution in [0, 0.1) is 11.6 Å². The molecule has 1 amide bonds. The Hall–Kier alpha value is -3.69. The summed E-state index contributed by atoms with van der Waals surface area (Å²) in [4.78, 5) is 26.0. The number of halogens is 5. The van der Waals surface area contributed by atoms with Gasteiger partial charge in [0.2, 0.25) is 5.56 Å². The van der Waals surface area contributed by atoms with Crippen LogP contribution >= 0.6 is 0 Å². The van der Waals surface area contributed by atoms with Gasteiger partial charge in [0.05, 0.1) is 11.6 Å². The van der Waals surface area contributed by atoms with Gasteiger partial charge < -0.3 is 15.0 Å². The molecule has 2 aromatic carbocycles. The molecule has 5 nitrogen and oxygen atoms in total. The highest BCUT2D eigenvalue weighted by atomic mass is 19.4. The highest BCUT2D eigenvalue weighted by molar-refractivity contribution is 5.94. The molecule has 2 N–H and O–H groups in total. The lowest BCUT2D eigenvalue weighted by atomic mass is 9.98. The Bertz CT molecular complexity index is 1090. The van der Waals surface area contributed by atoms with Crippen molar-refractivity contribution in [2.75, 3.05) is 0 Å². The Morgan fingerprint density at radius 3 is 2.20 bits per heavy atom. The van der Waals surface area contributed by atoms with Gasteiger partial charge in [-0.05, 0) is 41.5 Å². The number of aromatic amines is 1. The molecular weight excluding hydrogens is 411 g/mol. The second kappa shape index (κ2) is 8.36. The zero-order valence-electron chi connectivity index (χ0n) is 15.0. The van der Waals surface area contributed by atoms with Crippen molar-refractivity contribution in [1.82, 2.24) is 10.3 Å². The molecule has 0 aliphatic heterocycles. The Morgan fingerprint density at radius 2 is 1.63 bits per heavy atom. The van der Waals surface area contributed by atoms with E-state index in [-0.39, 0.29) is 11.1 Å². The Morgan fingerprint density at radius 1 is 0.967 bits per heavy atom. The summed E-state index contributed by atoms with van der Waals surface area (Å²) in [6, 6.07) is 8.98. The van der Waals surface area contributed by atoms with E-state index in [0.29, 0.717) is 5.56 Å². The largest absolute Gasteiger partial charge is 0.573 e. The van der Waals surface area contributed by atoms with Crippen molar-refractivity contribution in [1.29, 1.82) is 0 Å². The van der Waals surface area contributed by atoms with Crippen LogP contribution in [0.15, 0.2) is 65.6 Å². The Balaban J connectivity index is 1.96. The van der Waals surface area contributed by atoms with E-state index in [2.05, 4.69) is 15.0 Å². The van der Waals surface area contributed by atoms with E-state index in [9.17, 15) is 31.5 Å². The molecular formula is C20H13F5N2O3. The maximum atomic E-state index is 14.2. The number of benzene rings is 2. The first kappa shape index (κ1) is 21.0. The summed E-state index contributed by atoms with van der Waals surface area (Å²) in [6.45, 7) is 0. The molecule has 30 heavy (non-hydrogen) atoms. The first-order valence-electron chi connectivity index (χ1n) is 8.42.